The van der Waals surface area contributed by atoms with Crippen molar-refractivity contribution in [1.82, 2.24) is 0 Å². The van der Waals surface area contributed by atoms with Gasteiger partial charge in [0.15, 0.2) is 9.84 Å². The normalized spacial score (nSPS) is 13.5. The lowest BCUT2D eigenvalue weighted by atomic mass is 10.1. The predicted molar refractivity (Wildman–Crippen MR) is 52.0 cm³/mol. The fraction of sp³-hybridized carbons (Fsp3) is 1.00. The highest BCUT2D eigenvalue weighted by atomic mass is 79.9. The molecule has 11 heavy (non-hydrogen) atoms. The van der Waals surface area contributed by atoms with Crippen LogP contribution in [0.5, 0.6) is 0 Å². The van der Waals surface area contributed by atoms with Crippen LogP contribution in [0.1, 0.15) is 26.7 Å². The SMILES string of the molecule is CC(C)(CCCBr)S(C)(=O)=O. The molecule has 0 aromatic heterocycles. The first kappa shape index (κ1) is 11.4. The quantitative estimate of drug-likeness (QED) is 0.707. The van der Waals surface area contributed by atoms with Crippen LogP contribution >= 0.6 is 15.9 Å². The van der Waals surface area contributed by atoms with Crippen molar-refractivity contribution in [3.8, 4) is 0 Å². The van der Waals surface area contributed by atoms with Gasteiger partial charge in [-0.05, 0) is 26.7 Å². The number of halogens is 1. The van der Waals surface area contributed by atoms with Crippen LogP contribution in [0, 0.1) is 0 Å². The van der Waals surface area contributed by atoms with Crippen molar-refractivity contribution >= 4 is 25.8 Å². The van der Waals surface area contributed by atoms with E-state index in [1.807, 2.05) is 0 Å². The van der Waals surface area contributed by atoms with Gasteiger partial charge in [-0.1, -0.05) is 15.9 Å². The maximum atomic E-state index is 11.1. The average molecular weight is 243 g/mol. The van der Waals surface area contributed by atoms with E-state index in [0.29, 0.717) is 0 Å². The Balaban J connectivity index is 4.24. The summed E-state index contributed by atoms with van der Waals surface area (Å²) in [6.45, 7) is 3.54. The van der Waals surface area contributed by atoms with Crippen LogP contribution in [-0.4, -0.2) is 24.8 Å². The monoisotopic (exact) mass is 242 g/mol. The van der Waals surface area contributed by atoms with Crippen LogP contribution in [0.4, 0.5) is 0 Å². The van der Waals surface area contributed by atoms with Crippen molar-refractivity contribution in [2.24, 2.45) is 0 Å². The van der Waals surface area contributed by atoms with Gasteiger partial charge < -0.3 is 0 Å². The van der Waals surface area contributed by atoms with Gasteiger partial charge in [0.05, 0.1) is 4.75 Å². The summed E-state index contributed by atoms with van der Waals surface area (Å²) >= 11 is 3.27. The second-order valence-corrected chi connectivity index (χ2v) is 6.77. The van der Waals surface area contributed by atoms with E-state index in [-0.39, 0.29) is 0 Å². The van der Waals surface area contributed by atoms with Crippen LogP contribution < -0.4 is 0 Å². The summed E-state index contributed by atoms with van der Waals surface area (Å²) < 4.78 is 21.7. The fourth-order valence-corrected chi connectivity index (χ4v) is 1.47. The Labute approximate surface area is 77.4 Å². The minimum absolute atomic E-state index is 0.569. The van der Waals surface area contributed by atoms with Gasteiger partial charge in [-0.15, -0.1) is 0 Å². The van der Waals surface area contributed by atoms with Crippen molar-refractivity contribution in [2.45, 2.75) is 31.4 Å². The fourth-order valence-electron chi connectivity index (χ4n) is 0.678. The van der Waals surface area contributed by atoms with E-state index in [9.17, 15) is 8.42 Å². The number of rotatable bonds is 4. The summed E-state index contributed by atoms with van der Waals surface area (Å²) in [4.78, 5) is 0. The van der Waals surface area contributed by atoms with E-state index in [1.165, 1.54) is 6.26 Å². The van der Waals surface area contributed by atoms with Crippen LogP contribution in [0.3, 0.4) is 0 Å². The topological polar surface area (TPSA) is 34.1 Å². The molecule has 0 spiro atoms. The Bertz CT molecular complexity index is 206. The van der Waals surface area contributed by atoms with Gasteiger partial charge in [0.1, 0.15) is 0 Å². The summed E-state index contributed by atoms with van der Waals surface area (Å²) in [7, 11) is -2.90. The molecule has 0 unspecified atom stereocenters. The Kier molecular flexibility index (Phi) is 4.05. The molecule has 0 N–H and O–H groups in total. The molecule has 0 atom stereocenters. The van der Waals surface area contributed by atoms with Crippen LogP contribution in [0.2, 0.25) is 0 Å². The van der Waals surface area contributed by atoms with Gasteiger partial charge in [0.2, 0.25) is 0 Å². The zero-order chi connectivity index (χ0) is 9.12. The van der Waals surface area contributed by atoms with E-state index in [1.54, 1.807) is 13.8 Å². The molecule has 68 valence electrons. The molecular weight excluding hydrogens is 228 g/mol. The van der Waals surface area contributed by atoms with Gasteiger partial charge in [-0.25, -0.2) is 8.42 Å². The zero-order valence-corrected chi connectivity index (χ0v) is 9.63. The third-order valence-corrected chi connectivity index (χ3v) is 4.69. The molecule has 0 aliphatic heterocycles. The lowest BCUT2D eigenvalue weighted by Gasteiger charge is -2.21. The molecule has 0 saturated carbocycles. The summed E-state index contributed by atoms with van der Waals surface area (Å²) in [5.41, 5.74) is 0. The van der Waals surface area contributed by atoms with Gasteiger partial charge >= 0.3 is 0 Å². The van der Waals surface area contributed by atoms with E-state index in [2.05, 4.69) is 15.9 Å². The third kappa shape index (κ3) is 3.56. The summed E-state index contributed by atoms with van der Waals surface area (Å²) in [6, 6.07) is 0. The lowest BCUT2D eigenvalue weighted by Crippen LogP contribution is -2.30. The van der Waals surface area contributed by atoms with Crippen molar-refractivity contribution < 1.29 is 8.42 Å². The lowest BCUT2D eigenvalue weighted by molar-refractivity contribution is 0.530. The van der Waals surface area contributed by atoms with E-state index in [4.69, 9.17) is 0 Å². The molecule has 0 bridgehead atoms. The maximum Gasteiger partial charge on any atom is 0.152 e. The molecule has 0 radical (unpaired) electrons. The molecule has 2 nitrogen and oxygen atoms in total. The molecular formula is C7H15BrO2S. The summed E-state index contributed by atoms with van der Waals surface area (Å²) in [5.74, 6) is 0. The minimum atomic E-state index is -2.90. The summed E-state index contributed by atoms with van der Waals surface area (Å²) in [5, 5.41) is 0.867. The van der Waals surface area contributed by atoms with Gasteiger partial charge in [-0.3, -0.25) is 0 Å². The molecule has 0 aliphatic rings. The Morgan fingerprint density at radius 1 is 1.36 bits per heavy atom. The Morgan fingerprint density at radius 3 is 2.09 bits per heavy atom. The zero-order valence-electron chi connectivity index (χ0n) is 7.22. The first-order valence-electron chi connectivity index (χ1n) is 3.57. The Morgan fingerprint density at radius 2 is 1.82 bits per heavy atom. The first-order chi connectivity index (χ1) is 4.81. The molecule has 0 heterocycles. The highest BCUT2D eigenvalue weighted by molar-refractivity contribution is 9.09. The molecule has 0 aromatic carbocycles. The second kappa shape index (κ2) is 3.90. The van der Waals surface area contributed by atoms with E-state index < -0.39 is 14.6 Å². The van der Waals surface area contributed by atoms with Crippen molar-refractivity contribution in [2.75, 3.05) is 11.6 Å². The van der Waals surface area contributed by atoms with Crippen LogP contribution in [-0.2, 0) is 9.84 Å². The predicted octanol–water partition coefficient (Wildman–Crippen LogP) is 1.98. The van der Waals surface area contributed by atoms with Gasteiger partial charge in [0.25, 0.3) is 0 Å². The molecule has 0 aromatic rings. The first-order valence-corrected chi connectivity index (χ1v) is 6.58. The number of hydrogen-bond acceptors (Lipinski definition) is 2. The smallest absolute Gasteiger partial charge is 0.152 e. The van der Waals surface area contributed by atoms with E-state index >= 15 is 0 Å². The molecule has 0 fully saturated rings. The van der Waals surface area contributed by atoms with Crippen LogP contribution in [0.25, 0.3) is 0 Å². The average Bonchev–Trinajstić information content (AvgIpc) is 1.81. The summed E-state index contributed by atoms with van der Waals surface area (Å²) in [6.07, 6.45) is 2.92. The second-order valence-electron chi connectivity index (χ2n) is 3.32. The molecule has 4 heteroatoms. The third-order valence-electron chi connectivity index (χ3n) is 1.92. The maximum absolute atomic E-state index is 11.1. The standard InChI is InChI=1S/C7H15BrO2S/c1-7(2,5-4-6-8)11(3,9)10/h4-6H2,1-3H3. The molecule has 0 aliphatic carbocycles. The Hall–Kier alpha value is 0.430. The van der Waals surface area contributed by atoms with Crippen molar-refractivity contribution in [3.63, 3.8) is 0 Å². The largest absolute Gasteiger partial charge is 0.229 e. The number of hydrogen-bond donors (Lipinski definition) is 0. The van der Waals surface area contributed by atoms with E-state index in [0.717, 1.165) is 18.2 Å². The van der Waals surface area contributed by atoms with Crippen molar-refractivity contribution in [1.29, 1.82) is 0 Å². The van der Waals surface area contributed by atoms with Crippen molar-refractivity contribution in [3.05, 3.63) is 0 Å². The molecule has 0 rings (SSSR count). The number of sulfone groups is 1. The van der Waals surface area contributed by atoms with Crippen LogP contribution in [0.15, 0.2) is 0 Å². The van der Waals surface area contributed by atoms with Gasteiger partial charge in [0, 0.05) is 11.6 Å². The highest BCUT2D eigenvalue weighted by Gasteiger charge is 2.28. The molecule has 0 amide bonds. The highest BCUT2D eigenvalue weighted by Crippen LogP contribution is 2.21. The number of alkyl halides is 1. The molecule has 0 saturated heterocycles. The van der Waals surface area contributed by atoms with Gasteiger partial charge in [-0.2, -0.15) is 0 Å². The minimum Gasteiger partial charge on any atom is -0.229 e.